The van der Waals surface area contributed by atoms with Gasteiger partial charge in [-0.15, -0.1) is 11.8 Å². The van der Waals surface area contributed by atoms with Crippen molar-refractivity contribution in [3.63, 3.8) is 0 Å². The lowest BCUT2D eigenvalue weighted by atomic mass is 10.3. The van der Waals surface area contributed by atoms with Crippen LogP contribution in [-0.4, -0.2) is 29.9 Å². The fourth-order valence-corrected chi connectivity index (χ4v) is 2.78. The maximum absolute atomic E-state index is 5.73. The molecule has 15 heavy (non-hydrogen) atoms. The first-order valence-electron chi connectivity index (χ1n) is 4.82. The molecule has 0 saturated heterocycles. The summed E-state index contributed by atoms with van der Waals surface area (Å²) in [4.78, 5) is 1.03. The SMILES string of the molecule is CCOCC(C)Nc1snc(N)c1SC. The number of anilines is 2. The fraction of sp³-hybridized carbons (Fsp3) is 0.667. The van der Waals surface area contributed by atoms with Crippen LogP contribution >= 0.6 is 23.3 Å². The molecule has 0 spiro atoms. The Morgan fingerprint density at radius 3 is 3.00 bits per heavy atom. The molecule has 0 fully saturated rings. The predicted octanol–water partition coefficient (Wildman–Crippen LogP) is 2.28. The third-order valence-electron chi connectivity index (χ3n) is 1.83. The quantitative estimate of drug-likeness (QED) is 0.755. The van der Waals surface area contributed by atoms with Gasteiger partial charge in [0.1, 0.15) is 5.00 Å². The minimum Gasteiger partial charge on any atom is -0.382 e. The lowest BCUT2D eigenvalue weighted by Gasteiger charge is -2.13. The topological polar surface area (TPSA) is 60.2 Å². The molecule has 1 rings (SSSR count). The number of thioether (sulfide) groups is 1. The molecule has 1 atom stereocenters. The van der Waals surface area contributed by atoms with Gasteiger partial charge in [-0.05, 0) is 31.6 Å². The number of nitrogens with one attached hydrogen (secondary N) is 1. The summed E-state index contributed by atoms with van der Waals surface area (Å²) in [7, 11) is 0. The van der Waals surface area contributed by atoms with E-state index in [2.05, 4.69) is 16.6 Å². The summed E-state index contributed by atoms with van der Waals surface area (Å²) in [5.41, 5.74) is 5.73. The molecule has 6 heteroatoms. The Morgan fingerprint density at radius 2 is 2.40 bits per heavy atom. The van der Waals surface area contributed by atoms with E-state index in [9.17, 15) is 0 Å². The summed E-state index contributed by atoms with van der Waals surface area (Å²) in [5, 5.41) is 4.38. The van der Waals surface area contributed by atoms with Crippen LogP contribution in [-0.2, 0) is 4.74 Å². The molecule has 1 aromatic rings. The number of rotatable bonds is 6. The summed E-state index contributed by atoms with van der Waals surface area (Å²) in [6.07, 6.45) is 2.00. The zero-order valence-corrected chi connectivity index (χ0v) is 10.9. The normalized spacial score (nSPS) is 12.7. The molecule has 0 aliphatic heterocycles. The van der Waals surface area contributed by atoms with Crippen LogP contribution in [0.3, 0.4) is 0 Å². The lowest BCUT2D eigenvalue weighted by molar-refractivity contribution is 0.141. The molecule has 0 aromatic carbocycles. The van der Waals surface area contributed by atoms with E-state index < -0.39 is 0 Å². The largest absolute Gasteiger partial charge is 0.382 e. The van der Waals surface area contributed by atoms with Gasteiger partial charge in [-0.25, -0.2) is 0 Å². The highest BCUT2D eigenvalue weighted by molar-refractivity contribution is 7.99. The van der Waals surface area contributed by atoms with E-state index in [0.717, 1.165) is 16.5 Å². The molecule has 0 radical (unpaired) electrons. The van der Waals surface area contributed by atoms with Crippen molar-refractivity contribution >= 4 is 34.1 Å². The van der Waals surface area contributed by atoms with Gasteiger partial charge in [0.25, 0.3) is 0 Å². The van der Waals surface area contributed by atoms with Gasteiger partial charge in [0.05, 0.1) is 11.5 Å². The van der Waals surface area contributed by atoms with Crippen LogP contribution < -0.4 is 11.1 Å². The standard InChI is InChI=1S/C9H17N3OS2/c1-4-13-5-6(2)11-9-7(14-3)8(10)12-15-9/h6,11H,4-5H2,1-3H3,(H2,10,12). The van der Waals surface area contributed by atoms with Gasteiger partial charge in [-0.1, -0.05) is 0 Å². The lowest BCUT2D eigenvalue weighted by Crippen LogP contribution is -2.21. The summed E-state index contributed by atoms with van der Waals surface area (Å²) < 4.78 is 9.45. The second kappa shape index (κ2) is 6.19. The second-order valence-corrected chi connectivity index (χ2v) is 4.72. The van der Waals surface area contributed by atoms with Crippen molar-refractivity contribution in [1.29, 1.82) is 0 Å². The average Bonchev–Trinajstić information content (AvgIpc) is 2.56. The number of nitrogen functional groups attached to an aromatic ring is 1. The van der Waals surface area contributed by atoms with E-state index in [1.54, 1.807) is 11.8 Å². The number of nitrogens with two attached hydrogens (primary N) is 1. The van der Waals surface area contributed by atoms with Crippen LogP contribution in [0.4, 0.5) is 10.8 Å². The molecule has 86 valence electrons. The molecular weight excluding hydrogens is 230 g/mol. The first kappa shape index (κ1) is 12.6. The Labute approximate surface area is 98.7 Å². The number of hydrogen-bond acceptors (Lipinski definition) is 6. The van der Waals surface area contributed by atoms with Crippen molar-refractivity contribution in [3.8, 4) is 0 Å². The van der Waals surface area contributed by atoms with Gasteiger partial charge in [0, 0.05) is 12.6 Å². The van der Waals surface area contributed by atoms with Crippen molar-refractivity contribution in [2.45, 2.75) is 24.8 Å². The van der Waals surface area contributed by atoms with Crippen molar-refractivity contribution < 1.29 is 4.74 Å². The predicted molar refractivity (Wildman–Crippen MR) is 67.9 cm³/mol. The highest BCUT2D eigenvalue weighted by atomic mass is 32.2. The number of aromatic nitrogens is 1. The monoisotopic (exact) mass is 247 g/mol. The molecular formula is C9H17N3OS2. The zero-order valence-electron chi connectivity index (χ0n) is 9.24. The Morgan fingerprint density at radius 1 is 1.67 bits per heavy atom. The average molecular weight is 247 g/mol. The van der Waals surface area contributed by atoms with E-state index in [0.29, 0.717) is 12.4 Å². The van der Waals surface area contributed by atoms with Crippen molar-refractivity contribution in [1.82, 2.24) is 4.37 Å². The molecule has 0 aliphatic rings. The minimum absolute atomic E-state index is 0.274. The van der Waals surface area contributed by atoms with Crippen LogP contribution in [0, 0.1) is 0 Å². The summed E-state index contributed by atoms with van der Waals surface area (Å²) in [6.45, 7) is 5.51. The van der Waals surface area contributed by atoms with Crippen LogP contribution in [0.25, 0.3) is 0 Å². The maximum Gasteiger partial charge on any atom is 0.153 e. The summed E-state index contributed by atoms with van der Waals surface area (Å²) >= 11 is 3.01. The molecule has 4 nitrogen and oxygen atoms in total. The van der Waals surface area contributed by atoms with Gasteiger partial charge in [0.2, 0.25) is 0 Å². The van der Waals surface area contributed by atoms with Crippen LogP contribution in [0.5, 0.6) is 0 Å². The highest BCUT2D eigenvalue weighted by Gasteiger charge is 2.12. The Bertz CT molecular complexity index is 304. The van der Waals surface area contributed by atoms with E-state index in [1.165, 1.54) is 11.5 Å². The Kier molecular flexibility index (Phi) is 5.21. The van der Waals surface area contributed by atoms with Crippen LogP contribution in [0.2, 0.25) is 0 Å². The van der Waals surface area contributed by atoms with E-state index >= 15 is 0 Å². The molecule has 0 saturated carbocycles. The first-order valence-corrected chi connectivity index (χ1v) is 6.82. The van der Waals surface area contributed by atoms with Crippen molar-refractivity contribution in [3.05, 3.63) is 0 Å². The molecule has 0 amide bonds. The van der Waals surface area contributed by atoms with Gasteiger partial charge < -0.3 is 15.8 Å². The van der Waals surface area contributed by atoms with Gasteiger partial charge in [-0.2, -0.15) is 4.37 Å². The van der Waals surface area contributed by atoms with Gasteiger partial charge in [-0.3, -0.25) is 0 Å². The smallest absolute Gasteiger partial charge is 0.153 e. The molecule has 1 heterocycles. The highest BCUT2D eigenvalue weighted by Crippen LogP contribution is 2.34. The zero-order chi connectivity index (χ0) is 11.3. The van der Waals surface area contributed by atoms with Gasteiger partial charge >= 0.3 is 0 Å². The fourth-order valence-electron chi connectivity index (χ4n) is 1.14. The molecule has 0 bridgehead atoms. The molecule has 3 N–H and O–H groups in total. The third kappa shape index (κ3) is 3.55. The maximum atomic E-state index is 5.73. The third-order valence-corrected chi connectivity index (χ3v) is 3.57. The number of hydrogen-bond donors (Lipinski definition) is 2. The minimum atomic E-state index is 0.274. The Hall–Kier alpha value is -0.460. The molecule has 1 unspecified atom stereocenters. The van der Waals surface area contributed by atoms with Crippen molar-refractivity contribution in [2.75, 3.05) is 30.5 Å². The summed E-state index contributed by atoms with van der Waals surface area (Å²) in [5.74, 6) is 0.610. The van der Waals surface area contributed by atoms with E-state index in [1.807, 2.05) is 13.2 Å². The second-order valence-electron chi connectivity index (χ2n) is 3.14. The molecule has 0 aliphatic carbocycles. The number of ether oxygens (including phenoxy) is 1. The molecule has 1 aromatic heterocycles. The van der Waals surface area contributed by atoms with Gasteiger partial charge in [0.15, 0.2) is 5.82 Å². The van der Waals surface area contributed by atoms with Crippen LogP contribution in [0.1, 0.15) is 13.8 Å². The van der Waals surface area contributed by atoms with Crippen molar-refractivity contribution in [2.24, 2.45) is 0 Å². The first-order chi connectivity index (χ1) is 7.19. The van der Waals surface area contributed by atoms with Crippen LogP contribution in [0.15, 0.2) is 4.90 Å². The van der Waals surface area contributed by atoms with E-state index in [4.69, 9.17) is 10.5 Å². The number of nitrogens with zero attached hydrogens (tertiary/aromatic N) is 1. The Balaban J connectivity index is 2.55. The van der Waals surface area contributed by atoms with E-state index in [-0.39, 0.29) is 6.04 Å². The summed E-state index contributed by atoms with van der Waals surface area (Å²) in [6, 6.07) is 0.274.